The van der Waals surface area contributed by atoms with E-state index in [1.54, 1.807) is 13.3 Å². The molecule has 0 unspecified atom stereocenters. The first-order chi connectivity index (χ1) is 9.31. The number of carbonyl (C=O) groups excluding carboxylic acids is 1. The number of aryl methyl sites for hydroxylation is 1. The number of ether oxygens (including phenoxy) is 1. The summed E-state index contributed by atoms with van der Waals surface area (Å²) in [4.78, 5) is 17.0. The van der Waals surface area contributed by atoms with Crippen LogP contribution in [0.5, 0.6) is 0 Å². The molecule has 20 heavy (non-hydrogen) atoms. The van der Waals surface area contributed by atoms with Gasteiger partial charge in [0.25, 0.3) is 0 Å². The SMILES string of the molecule is COC1(C(=O)c2c(C)ccnc2N)CCC(C)(C)CC1. The first-order valence-corrected chi connectivity index (χ1v) is 7.12. The molecule has 1 heterocycles. The Morgan fingerprint density at radius 2 is 1.90 bits per heavy atom. The number of hydrogen-bond acceptors (Lipinski definition) is 4. The molecule has 0 atom stereocenters. The number of ketones is 1. The molecule has 2 rings (SSSR count). The fraction of sp³-hybridized carbons (Fsp3) is 0.625. The molecular weight excluding hydrogens is 252 g/mol. The topological polar surface area (TPSA) is 65.2 Å². The van der Waals surface area contributed by atoms with Gasteiger partial charge in [-0.2, -0.15) is 0 Å². The predicted molar refractivity (Wildman–Crippen MR) is 79.7 cm³/mol. The summed E-state index contributed by atoms with van der Waals surface area (Å²) >= 11 is 0. The van der Waals surface area contributed by atoms with Gasteiger partial charge in [-0.15, -0.1) is 0 Å². The van der Waals surface area contributed by atoms with Gasteiger partial charge in [0, 0.05) is 13.3 Å². The van der Waals surface area contributed by atoms with Crippen LogP contribution in [0.3, 0.4) is 0 Å². The lowest BCUT2D eigenvalue weighted by molar-refractivity contribution is -0.0383. The highest BCUT2D eigenvalue weighted by molar-refractivity contribution is 6.06. The summed E-state index contributed by atoms with van der Waals surface area (Å²) < 4.78 is 5.67. The molecular formula is C16H24N2O2. The summed E-state index contributed by atoms with van der Waals surface area (Å²) in [5.41, 5.74) is 6.83. The highest BCUT2D eigenvalue weighted by Gasteiger charge is 2.45. The van der Waals surface area contributed by atoms with E-state index in [2.05, 4.69) is 18.8 Å². The van der Waals surface area contributed by atoms with E-state index >= 15 is 0 Å². The number of pyridine rings is 1. The van der Waals surface area contributed by atoms with Crippen LogP contribution >= 0.6 is 0 Å². The maximum atomic E-state index is 13.0. The maximum Gasteiger partial charge on any atom is 0.198 e. The van der Waals surface area contributed by atoms with E-state index in [4.69, 9.17) is 10.5 Å². The average molecular weight is 276 g/mol. The van der Waals surface area contributed by atoms with Gasteiger partial charge in [-0.1, -0.05) is 13.8 Å². The minimum absolute atomic E-state index is 0.0152. The van der Waals surface area contributed by atoms with E-state index in [0.717, 1.165) is 31.2 Å². The molecule has 0 aromatic carbocycles. The highest BCUT2D eigenvalue weighted by Crippen LogP contribution is 2.43. The lowest BCUT2D eigenvalue weighted by Gasteiger charge is -2.41. The van der Waals surface area contributed by atoms with Crippen LogP contribution in [-0.2, 0) is 4.74 Å². The zero-order valence-electron chi connectivity index (χ0n) is 12.8. The summed E-state index contributed by atoms with van der Waals surface area (Å²) in [5.74, 6) is 0.287. The zero-order valence-corrected chi connectivity index (χ0v) is 12.8. The van der Waals surface area contributed by atoms with Crippen molar-refractivity contribution in [2.45, 2.75) is 52.1 Å². The smallest absolute Gasteiger partial charge is 0.198 e. The van der Waals surface area contributed by atoms with Gasteiger partial charge in [-0.3, -0.25) is 4.79 Å². The van der Waals surface area contributed by atoms with Gasteiger partial charge in [-0.25, -0.2) is 4.98 Å². The summed E-state index contributed by atoms with van der Waals surface area (Å²) in [6.45, 7) is 6.36. The molecule has 0 saturated heterocycles. The quantitative estimate of drug-likeness (QED) is 0.861. The van der Waals surface area contributed by atoms with Crippen molar-refractivity contribution < 1.29 is 9.53 Å². The summed E-state index contributed by atoms with van der Waals surface area (Å²) in [6.07, 6.45) is 5.06. The lowest BCUT2D eigenvalue weighted by Crippen LogP contribution is -2.46. The van der Waals surface area contributed by atoms with Gasteiger partial charge in [0.15, 0.2) is 5.78 Å². The second-order valence-corrected chi connectivity index (χ2v) is 6.58. The van der Waals surface area contributed by atoms with E-state index in [1.807, 2.05) is 13.0 Å². The van der Waals surface area contributed by atoms with E-state index < -0.39 is 5.60 Å². The molecule has 110 valence electrons. The van der Waals surface area contributed by atoms with Gasteiger partial charge in [0.1, 0.15) is 11.4 Å². The van der Waals surface area contributed by atoms with Gasteiger partial charge >= 0.3 is 0 Å². The van der Waals surface area contributed by atoms with E-state index in [1.165, 1.54) is 0 Å². The molecule has 1 aliphatic carbocycles. The minimum atomic E-state index is -0.739. The average Bonchev–Trinajstić information content (AvgIpc) is 2.39. The molecule has 0 amide bonds. The standard InChI is InChI=1S/C16H24N2O2/c1-11-5-10-18-14(17)12(11)13(19)16(20-4)8-6-15(2,3)7-9-16/h5,10H,6-9H2,1-4H3,(H2,17,18). The molecule has 4 heteroatoms. The molecule has 4 nitrogen and oxygen atoms in total. The summed E-state index contributed by atoms with van der Waals surface area (Å²) in [6, 6.07) is 1.82. The largest absolute Gasteiger partial charge is 0.383 e. The Bertz CT molecular complexity index is 493. The second kappa shape index (κ2) is 5.17. The Morgan fingerprint density at radius 1 is 1.30 bits per heavy atom. The molecule has 1 aromatic rings. The number of nitrogens with zero attached hydrogens (tertiary/aromatic N) is 1. The van der Waals surface area contributed by atoms with E-state index in [-0.39, 0.29) is 11.2 Å². The van der Waals surface area contributed by atoms with Crippen LogP contribution in [-0.4, -0.2) is 23.5 Å². The number of hydrogen-bond donors (Lipinski definition) is 1. The van der Waals surface area contributed by atoms with Crippen LogP contribution < -0.4 is 5.73 Å². The third-order valence-corrected chi connectivity index (χ3v) is 4.63. The number of Topliss-reactive ketones (excluding diaryl/α,β-unsaturated/α-hetero) is 1. The van der Waals surface area contributed by atoms with Crippen LogP contribution in [0.25, 0.3) is 0 Å². The Morgan fingerprint density at radius 3 is 2.40 bits per heavy atom. The van der Waals surface area contributed by atoms with Crippen LogP contribution in [0, 0.1) is 12.3 Å². The van der Waals surface area contributed by atoms with Crippen molar-refractivity contribution in [1.29, 1.82) is 0 Å². The van der Waals surface area contributed by atoms with Gasteiger partial charge in [0.2, 0.25) is 0 Å². The lowest BCUT2D eigenvalue weighted by atomic mass is 9.68. The van der Waals surface area contributed by atoms with Crippen LogP contribution in [0.1, 0.15) is 55.5 Å². The predicted octanol–water partition coefficient (Wildman–Crippen LogP) is 3.14. The first-order valence-electron chi connectivity index (χ1n) is 7.12. The van der Waals surface area contributed by atoms with E-state index in [0.29, 0.717) is 11.4 Å². The molecule has 0 bridgehead atoms. The number of methoxy groups -OCH3 is 1. The van der Waals surface area contributed by atoms with Crippen LogP contribution in [0.15, 0.2) is 12.3 Å². The number of rotatable bonds is 3. The third-order valence-electron chi connectivity index (χ3n) is 4.63. The monoisotopic (exact) mass is 276 g/mol. The van der Waals surface area contributed by atoms with Crippen LogP contribution in [0.2, 0.25) is 0 Å². The number of nitrogens with two attached hydrogens (primary N) is 1. The number of carbonyl (C=O) groups is 1. The maximum absolute atomic E-state index is 13.0. The second-order valence-electron chi connectivity index (χ2n) is 6.58. The fourth-order valence-corrected chi connectivity index (χ4v) is 2.96. The molecule has 1 aromatic heterocycles. The van der Waals surface area contributed by atoms with Crippen molar-refractivity contribution in [3.05, 3.63) is 23.4 Å². The first kappa shape index (κ1) is 15.0. The molecule has 1 fully saturated rings. The Balaban J connectivity index is 2.35. The number of nitrogen functional groups attached to an aromatic ring is 1. The van der Waals surface area contributed by atoms with Crippen molar-refractivity contribution in [3.8, 4) is 0 Å². The van der Waals surface area contributed by atoms with Crippen molar-refractivity contribution in [2.75, 3.05) is 12.8 Å². The normalized spacial score (nSPS) is 20.6. The number of anilines is 1. The van der Waals surface area contributed by atoms with Crippen molar-refractivity contribution in [3.63, 3.8) is 0 Å². The molecule has 0 radical (unpaired) electrons. The zero-order chi connectivity index (χ0) is 15.0. The molecule has 0 aliphatic heterocycles. The molecule has 1 aliphatic rings. The Labute approximate surface area is 120 Å². The van der Waals surface area contributed by atoms with Gasteiger partial charge in [-0.05, 0) is 49.7 Å². The Hall–Kier alpha value is -1.42. The highest BCUT2D eigenvalue weighted by atomic mass is 16.5. The molecule has 2 N–H and O–H groups in total. The Kier molecular flexibility index (Phi) is 3.87. The summed E-state index contributed by atoms with van der Waals surface area (Å²) in [7, 11) is 1.62. The molecule has 1 saturated carbocycles. The third kappa shape index (κ3) is 2.57. The van der Waals surface area contributed by atoms with Crippen molar-refractivity contribution >= 4 is 11.6 Å². The van der Waals surface area contributed by atoms with Gasteiger partial charge < -0.3 is 10.5 Å². The molecule has 0 spiro atoms. The van der Waals surface area contributed by atoms with Gasteiger partial charge in [0.05, 0.1) is 5.56 Å². The van der Waals surface area contributed by atoms with E-state index in [9.17, 15) is 4.79 Å². The minimum Gasteiger partial charge on any atom is -0.383 e. The number of aromatic nitrogens is 1. The summed E-state index contributed by atoms with van der Waals surface area (Å²) in [5, 5.41) is 0. The van der Waals surface area contributed by atoms with Crippen molar-refractivity contribution in [2.24, 2.45) is 5.41 Å². The fourth-order valence-electron chi connectivity index (χ4n) is 2.96. The van der Waals surface area contributed by atoms with Crippen molar-refractivity contribution in [1.82, 2.24) is 4.98 Å². The van der Waals surface area contributed by atoms with Crippen LogP contribution in [0.4, 0.5) is 5.82 Å².